The summed E-state index contributed by atoms with van der Waals surface area (Å²) in [7, 11) is 0. The van der Waals surface area contributed by atoms with Crippen LogP contribution in [-0.2, 0) is 9.59 Å². The third-order valence-corrected chi connectivity index (χ3v) is 4.85. The molecule has 0 radical (unpaired) electrons. The zero-order chi connectivity index (χ0) is 15.5. The lowest BCUT2D eigenvalue weighted by Crippen LogP contribution is -2.45. The Morgan fingerprint density at radius 3 is 2.59 bits per heavy atom. The molecule has 2 aliphatic rings. The SMILES string of the molecule is O=C(O)C1CC2CCCCC2N1C(=O)/C=C/c1ccccc1. The normalized spacial score (nSPS) is 27.8. The smallest absolute Gasteiger partial charge is 0.326 e. The Kier molecular flexibility index (Phi) is 4.27. The van der Waals surface area contributed by atoms with E-state index in [2.05, 4.69) is 0 Å². The van der Waals surface area contributed by atoms with Crippen molar-refractivity contribution < 1.29 is 14.7 Å². The van der Waals surface area contributed by atoms with Crippen molar-refractivity contribution in [2.75, 3.05) is 0 Å². The minimum absolute atomic E-state index is 0.0998. The summed E-state index contributed by atoms with van der Waals surface area (Å²) in [5, 5.41) is 9.45. The van der Waals surface area contributed by atoms with Crippen LogP contribution >= 0.6 is 0 Å². The first-order chi connectivity index (χ1) is 10.7. The van der Waals surface area contributed by atoms with E-state index in [0.717, 1.165) is 31.2 Å². The van der Waals surface area contributed by atoms with Gasteiger partial charge in [-0.2, -0.15) is 0 Å². The molecule has 1 saturated heterocycles. The van der Waals surface area contributed by atoms with Crippen LogP contribution in [0.4, 0.5) is 0 Å². The Bertz CT molecular complexity index is 581. The molecule has 3 unspecified atom stereocenters. The number of fused-ring (bicyclic) bond motifs is 1. The zero-order valence-corrected chi connectivity index (χ0v) is 12.5. The molecule has 1 N–H and O–H groups in total. The predicted molar refractivity (Wildman–Crippen MR) is 84.1 cm³/mol. The van der Waals surface area contributed by atoms with Gasteiger partial charge in [-0.05, 0) is 36.8 Å². The number of rotatable bonds is 3. The monoisotopic (exact) mass is 299 g/mol. The van der Waals surface area contributed by atoms with E-state index < -0.39 is 12.0 Å². The summed E-state index contributed by atoms with van der Waals surface area (Å²) >= 11 is 0. The molecular formula is C18H21NO3. The molecule has 0 bridgehead atoms. The third-order valence-electron chi connectivity index (χ3n) is 4.85. The van der Waals surface area contributed by atoms with E-state index in [1.165, 1.54) is 6.08 Å². The second-order valence-corrected chi connectivity index (χ2v) is 6.19. The Hall–Kier alpha value is -2.10. The van der Waals surface area contributed by atoms with Crippen molar-refractivity contribution in [1.82, 2.24) is 4.90 Å². The summed E-state index contributed by atoms with van der Waals surface area (Å²) in [4.78, 5) is 25.7. The topological polar surface area (TPSA) is 57.6 Å². The number of nitrogens with zero attached hydrogens (tertiary/aromatic N) is 1. The number of hydrogen-bond acceptors (Lipinski definition) is 2. The summed E-state index contributed by atoms with van der Waals surface area (Å²) < 4.78 is 0. The molecule has 1 aliphatic carbocycles. The minimum Gasteiger partial charge on any atom is -0.480 e. The fourth-order valence-corrected chi connectivity index (χ4v) is 3.82. The fourth-order valence-electron chi connectivity index (χ4n) is 3.82. The average Bonchev–Trinajstić information content (AvgIpc) is 2.93. The highest BCUT2D eigenvalue weighted by Crippen LogP contribution is 2.39. The molecule has 4 heteroatoms. The maximum absolute atomic E-state index is 12.6. The fraction of sp³-hybridized carbons (Fsp3) is 0.444. The van der Waals surface area contributed by atoms with Crippen LogP contribution in [0.1, 0.15) is 37.7 Å². The molecule has 4 nitrogen and oxygen atoms in total. The first-order valence-corrected chi connectivity index (χ1v) is 7.95. The molecule has 1 amide bonds. The van der Waals surface area contributed by atoms with Gasteiger partial charge in [0.1, 0.15) is 6.04 Å². The van der Waals surface area contributed by atoms with Gasteiger partial charge >= 0.3 is 5.97 Å². The van der Waals surface area contributed by atoms with Gasteiger partial charge in [0.2, 0.25) is 5.91 Å². The standard InChI is InChI=1S/C18H21NO3/c20-17(11-10-13-6-2-1-3-7-13)19-15-9-5-4-8-14(15)12-16(19)18(21)22/h1-3,6-7,10-11,14-16H,4-5,8-9,12H2,(H,21,22)/b11-10+. The number of hydrogen-bond donors (Lipinski definition) is 1. The second kappa shape index (κ2) is 6.34. The van der Waals surface area contributed by atoms with Gasteiger partial charge in [0, 0.05) is 12.1 Å². The van der Waals surface area contributed by atoms with E-state index in [1.807, 2.05) is 30.3 Å². The molecule has 22 heavy (non-hydrogen) atoms. The minimum atomic E-state index is -0.879. The molecular weight excluding hydrogens is 278 g/mol. The Balaban J connectivity index is 1.79. The number of carbonyl (C=O) groups is 2. The maximum atomic E-state index is 12.6. The quantitative estimate of drug-likeness (QED) is 0.873. The van der Waals surface area contributed by atoms with Crippen molar-refractivity contribution in [3.8, 4) is 0 Å². The first kappa shape index (κ1) is 14.8. The summed E-state index contributed by atoms with van der Waals surface area (Å²) in [5.74, 6) is -0.703. The van der Waals surface area contributed by atoms with Gasteiger partial charge < -0.3 is 10.0 Å². The molecule has 1 aliphatic heterocycles. The molecule has 0 spiro atoms. The van der Waals surface area contributed by atoms with Gasteiger partial charge in [0.05, 0.1) is 0 Å². The molecule has 1 aromatic rings. The summed E-state index contributed by atoms with van der Waals surface area (Å²) in [6, 6.07) is 9.03. The van der Waals surface area contributed by atoms with Gasteiger partial charge in [0.15, 0.2) is 0 Å². The van der Waals surface area contributed by atoms with E-state index in [4.69, 9.17) is 0 Å². The Morgan fingerprint density at radius 1 is 1.14 bits per heavy atom. The van der Waals surface area contributed by atoms with Gasteiger partial charge in [0.25, 0.3) is 0 Å². The molecule has 3 rings (SSSR count). The van der Waals surface area contributed by atoms with Crippen molar-refractivity contribution >= 4 is 18.0 Å². The summed E-state index contributed by atoms with van der Waals surface area (Å²) in [6.07, 6.45) is 8.08. The lowest BCUT2D eigenvalue weighted by Gasteiger charge is -2.32. The lowest BCUT2D eigenvalue weighted by molar-refractivity contribution is -0.147. The highest BCUT2D eigenvalue weighted by atomic mass is 16.4. The van der Waals surface area contributed by atoms with Crippen LogP contribution in [-0.4, -0.2) is 34.0 Å². The van der Waals surface area contributed by atoms with Gasteiger partial charge in [-0.3, -0.25) is 4.79 Å². The van der Waals surface area contributed by atoms with Crippen molar-refractivity contribution in [2.45, 2.75) is 44.2 Å². The van der Waals surface area contributed by atoms with E-state index in [1.54, 1.807) is 11.0 Å². The molecule has 1 saturated carbocycles. The number of carbonyl (C=O) groups excluding carboxylic acids is 1. The predicted octanol–water partition coefficient (Wildman–Crippen LogP) is 2.94. The van der Waals surface area contributed by atoms with Crippen LogP contribution in [0.25, 0.3) is 6.08 Å². The molecule has 2 fully saturated rings. The second-order valence-electron chi connectivity index (χ2n) is 6.19. The number of benzene rings is 1. The molecule has 3 atom stereocenters. The van der Waals surface area contributed by atoms with Crippen LogP contribution in [0.2, 0.25) is 0 Å². The first-order valence-electron chi connectivity index (χ1n) is 7.95. The highest BCUT2D eigenvalue weighted by molar-refractivity contribution is 5.95. The molecule has 1 aromatic carbocycles. The van der Waals surface area contributed by atoms with Gasteiger partial charge in [-0.15, -0.1) is 0 Å². The molecule has 0 aromatic heterocycles. The average molecular weight is 299 g/mol. The zero-order valence-electron chi connectivity index (χ0n) is 12.5. The van der Waals surface area contributed by atoms with Crippen LogP contribution in [0.3, 0.4) is 0 Å². The van der Waals surface area contributed by atoms with Gasteiger partial charge in [-0.25, -0.2) is 4.79 Å². The third kappa shape index (κ3) is 2.91. The van der Waals surface area contributed by atoms with Crippen LogP contribution < -0.4 is 0 Å². The van der Waals surface area contributed by atoms with Crippen LogP contribution in [0.15, 0.2) is 36.4 Å². The van der Waals surface area contributed by atoms with Crippen LogP contribution in [0.5, 0.6) is 0 Å². The number of likely N-dealkylation sites (tertiary alicyclic amines) is 1. The molecule has 116 valence electrons. The summed E-state index contributed by atoms with van der Waals surface area (Å²) in [5.41, 5.74) is 0.946. The lowest BCUT2D eigenvalue weighted by atomic mass is 9.85. The number of carboxylic acids is 1. The van der Waals surface area contributed by atoms with Crippen molar-refractivity contribution in [3.63, 3.8) is 0 Å². The Morgan fingerprint density at radius 2 is 1.86 bits per heavy atom. The summed E-state index contributed by atoms with van der Waals surface area (Å²) in [6.45, 7) is 0. The highest BCUT2D eigenvalue weighted by Gasteiger charge is 2.46. The van der Waals surface area contributed by atoms with Gasteiger partial charge in [-0.1, -0.05) is 43.2 Å². The Labute approximate surface area is 130 Å². The number of amides is 1. The number of aliphatic carboxylic acids is 1. The number of carboxylic acid groups (broad SMARTS) is 1. The van der Waals surface area contributed by atoms with E-state index in [9.17, 15) is 14.7 Å². The van der Waals surface area contributed by atoms with Crippen LogP contribution in [0, 0.1) is 5.92 Å². The largest absolute Gasteiger partial charge is 0.480 e. The molecule has 1 heterocycles. The maximum Gasteiger partial charge on any atom is 0.326 e. The van der Waals surface area contributed by atoms with Crippen molar-refractivity contribution in [1.29, 1.82) is 0 Å². The van der Waals surface area contributed by atoms with E-state index >= 15 is 0 Å². The van der Waals surface area contributed by atoms with E-state index in [-0.39, 0.29) is 11.9 Å². The van der Waals surface area contributed by atoms with Crippen molar-refractivity contribution in [3.05, 3.63) is 42.0 Å². The van der Waals surface area contributed by atoms with Crippen molar-refractivity contribution in [2.24, 2.45) is 5.92 Å². The van der Waals surface area contributed by atoms with E-state index in [0.29, 0.717) is 12.3 Å².